The van der Waals surface area contributed by atoms with Crippen LogP contribution in [0.5, 0.6) is 0 Å². The zero-order chi connectivity index (χ0) is 7.82. The first-order chi connectivity index (χ1) is 4.81. The molecule has 0 N–H and O–H groups in total. The molecule has 0 radical (unpaired) electrons. The summed E-state index contributed by atoms with van der Waals surface area (Å²) in [5, 5.41) is 0. The van der Waals surface area contributed by atoms with Gasteiger partial charge in [0.25, 0.3) is 0 Å². The summed E-state index contributed by atoms with van der Waals surface area (Å²) in [4.78, 5) is 0. The summed E-state index contributed by atoms with van der Waals surface area (Å²) in [6.07, 6.45) is 6.00. The zero-order valence-electron chi connectivity index (χ0n) is 6.12. The number of ether oxygens (including phenoxy) is 2. The Hall–Kier alpha value is -1.18. The first-order valence-corrected chi connectivity index (χ1v) is 3.00. The van der Waals surface area contributed by atoms with Crippen LogP contribution in [0.4, 0.5) is 0 Å². The van der Waals surface area contributed by atoms with Gasteiger partial charge in [-0.05, 0) is 13.0 Å². The van der Waals surface area contributed by atoms with Crippen LogP contribution in [0.1, 0.15) is 6.92 Å². The quantitative estimate of drug-likeness (QED) is 0.545. The van der Waals surface area contributed by atoms with E-state index in [1.807, 2.05) is 6.92 Å². The molecule has 0 aromatic rings. The molecule has 0 fully saturated rings. The van der Waals surface area contributed by atoms with Gasteiger partial charge in [-0.3, -0.25) is 0 Å². The van der Waals surface area contributed by atoms with Gasteiger partial charge in [0.1, 0.15) is 6.10 Å². The van der Waals surface area contributed by atoms with Crippen LogP contribution in [0.25, 0.3) is 0 Å². The summed E-state index contributed by atoms with van der Waals surface area (Å²) in [6, 6.07) is 0. The average molecular weight is 140 g/mol. The van der Waals surface area contributed by atoms with Crippen LogP contribution < -0.4 is 0 Å². The van der Waals surface area contributed by atoms with E-state index in [-0.39, 0.29) is 6.10 Å². The van der Waals surface area contributed by atoms with E-state index >= 15 is 0 Å². The van der Waals surface area contributed by atoms with Gasteiger partial charge in [0.05, 0.1) is 18.8 Å². The van der Waals surface area contributed by atoms with E-state index in [0.29, 0.717) is 0 Å². The third-order valence-corrected chi connectivity index (χ3v) is 0.835. The minimum atomic E-state index is -0.00236. The molecule has 0 aliphatic rings. The summed E-state index contributed by atoms with van der Waals surface area (Å²) < 4.78 is 9.67. The van der Waals surface area contributed by atoms with Gasteiger partial charge in [0.2, 0.25) is 0 Å². The highest BCUT2D eigenvalue weighted by molar-refractivity contribution is 4.83. The normalized spacial score (nSPS) is 12.5. The average Bonchev–Trinajstić information content (AvgIpc) is 1.89. The lowest BCUT2D eigenvalue weighted by molar-refractivity contribution is 0.202. The maximum absolute atomic E-state index is 4.95. The fraction of sp³-hybridized carbons (Fsp3) is 0.250. The first-order valence-electron chi connectivity index (χ1n) is 3.00. The Labute approximate surface area is 61.5 Å². The summed E-state index contributed by atoms with van der Waals surface area (Å²) in [5.74, 6) is 0. The number of rotatable bonds is 5. The standard InChI is InChI=1S/C8H12O2/c1-4-9-7-6-8(3)10-5-2/h4-8H,1-2H2,3H3. The molecule has 0 heterocycles. The topological polar surface area (TPSA) is 18.5 Å². The second-order valence-corrected chi connectivity index (χ2v) is 1.64. The molecular weight excluding hydrogens is 128 g/mol. The lowest BCUT2D eigenvalue weighted by Crippen LogP contribution is -1.97. The third-order valence-electron chi connectivity index (χ3n) is 0.835. The molecule has 0 saturated carbocycles. The molecule has 0 spiro atoms. The van der Waals surface area contributed by atoms with E-state index in [2.05, 4.69) is 13.2 Å². The van der Waals surface area contributed by atoms with Crippen molar-refractivity contribution in [3.63, 3.8) is 0 Å². The second-order valence-electron chi connectivity index (χ2n) is 1.64. The van der Waals surface area contributed by atoms with Crippen LogP contribution >= 0.6 is 0 Å². The molecule has 1 unspecified atom stereocenters. The Bertz CT molecular complexity index is 127. The maximum Gasteiger partial charge on any atom is 0.116 e. The smallest absolute Gasteiger partial charge is 0.116 e. The van der Waals surface area contributed by atoms with Gasteiger partial charge in [0, 0.05) is 0 Å². The predicted molar refractivity (Wildman–Crippen MR) is 41.2 cm³/mol. The minimum Gasteiger partial charge on any atom is -0.495 e. The fourth-order valence-corrected chi connectivity index (χ4v) is 0.409. The van der Waals surface area contributed by atoms with Crippen LogP contribution in [0.3, 0.4) is 0 Å². The Morgan fingerprint density at radius 2 is 2.00 bits per heavy atom. The Kier molecular flexibility index (Phi) is 5.25. The van der Waals surface area contributed by atoms with Crippen molar-refractivity contribution < 1.29 is 9.47 Å². The lowest BCUT2D eigenvalue weighted by Gasteiger charge is -2.03. The SMILES string of the molecule is C=COC=CC(C)OC=C. The van der Waals surface area contributed by atoms with Crippen LogP contribution in [0, 0.1) is 0 Å². The van der Waals surface area contributed by atoms with Crippen molar-refractivity contribution in [2.45, 2.75) is 13.0 Å². The first kappa shape index (κ1) is 8.82. The highest BCUT2D eigenvalue weighted by Crippen LogP contribution is 1.92. The van der Waals surface area contributed by atoms with Gasteiger partial charge in [-0.2, -0.15) is 0 Å². The van der Waals surface area contributed by atoms with Crippen LogP contribution in [0.2, 0.25) is 0 Å². The molecule has 1 atom stereocenters. The van der Waals surface area contributed by atoms with Crippen molar-refractivity contribution in [3.05, 3.63) is 38.0 Å². The van der Waals surface area contributed by atoms with Gasteiger partial charge < -0.3 is 9.47 Å². The van der Waals surface area contributed by atoms with Gasteiger partial charge in [-0.1, -0.05) is 13.2 Å². The molecule has 56 valence electrons. The third kappa shape index (κ3) is 4.97. The minimum absolute atomic E-state index is 0.00236. The Balaban J connectivity index is 3.43. The molecule has 0 saturated heterocycles. The summed E-state index contributed by atoms with van der Waals surface area (Å²) >= 11 is 0. The van der Waals surface area contributed by atoms with Crippen molar-refractivity contribution in [2.75, 3.05) is 0 Å². The highest BCUT2D eigenvalue weighted by atomic mass is 16.5. The molecule has 0 aromatic heterocycles. The molecule has 0 bridgehead atoms. The predicted octanol–water partition coefficient (Wildman–Crippen LogP) is 2.21. The number of hydrogen-bond acceptors (Lipinski definition) is 2. The number of hydrogen-bond donors (Lipinski definition) is 0. The molecule has 2 heteroatoms. The molecule has 2 nitrogen and oxygen atoms in total. The molecule has 0 rings (SSSR count). The lowest BCUT2D eigenvalue weighted by atomic mass is 10.4. The van der Waals surface area contributed by atoms with Crippen molar-refractivity contribution >= 4 is 0 Å². The Morgan fingerprint density at radius 3 is 2.50 bits per heavy atom. The zero-order valence-corrected chi connectivity index (χ0v) is 6.12. The highest BCUT2D eigenvalue weighted by Gasteiger charge is 1.89. The van der Waals surface area contributed by atoms with Crippen LogP contribution in [-0.2, 0) is 9.47 Å². The van der Waals surface area contributed by atoms with E-state index in [9.17, 15) is 0 Å². The van der Waals surface area contributed by atoms with E-state index in [0.717, 1.165) is 0 Å². The molecule has 10 heavy (non-hydrogen) atoms. The van der Waals surface area contributed by atoms with Crippen molar-refractivity contribution in [2.24, 2.45) is 0 Å². The van der Waals surface area contributed by atoms with E-state index in [1.165, 1.54) is 18.8 Å². The molecular formula is C8H12O2. The van der Waals surface area contributed by atoms with Gasteiger partial charge in [0.15, 0.2) is 0 Å². The van der Waals surface area contributed by atoms with E-state index in [4.69, 9.17) is 9.47 Å². The van der Waals surface area contributed by atoms with Crippen LogP contribution in [-0.4, -0.2) is 6.10 Å². The van der Waals surface area contributed by atoms with Crippen molar-refractivity contribution in [3.8, 4) is 0 Å². The molecule has 0 aromatic carbocycles. The summed E-state index contributed by atoms with van der Waals surface area (Å²) in [6.45, 7) is 8.66. The van der Waals surface area contributed by atoms with Gasteiger partial charge in [-0.25, -0.2) is 0 Å². The van der Waals surface area contributed by atoms with E-state index in [1.54, 1.807) is 6.08 Å². The summed E-state index contributed by atoms with van der Waals surface area (Å²) in [7, 11) is 0. The maximum atomic E-state index is 4.95. The van der Waals surface area contributed by atoms with Crippen molar-refractivity contribution in [1.29, 1.82) is 0 Å². The van der Waals surface area contributed by atoms with Gasteiger partial charge >= 0.3 is 0 Å². The van der Waals surface area contributed by atoms with Crippen LogP contribution in [0.15, 0.2) is 38.0 Å². The second kappa shape index (κ2) is 5.95. The van der Waals surface area contributed by atoms with Gasteiger partial charge in [-0.15, -0.1) is 0 Å². The Morgan fingerprint density at radius 1 is 1.30 bits per heavy atom. The monoisotopic (exact) mass is 140 g/mol. The molecule has 0 aliphatic heterocycles. The molecule has 0 amide bonds. The van der Waals surface area contributed by atoms with E-state index < -0.39 is 0 Å². The fourth-order valence-electron chi connectivity index (χ4n) is 0.409. The van der Waals surface area contributed by atoms with Crippen molar-refractivity contribution in [1.82, 2.24) is 0 Å². The molecule has 0 aliphatic carbocycles. The largest absolute Gasteiger partial charge is 0.495 e. The summed E-state index contributed by atoms with van der Waals surface area (Å²) in [5.41, 5.74) is 0.